The van der Waals surface area contributed by atoms with Crippen LogP contribution in [0, 0.1) is 23.7 Å². The lowest BCUT2D eigenvalue weighted by Gasteiger charge is -2.31. The van der Waals surface area contributed by atoms with Crippen LogP contribution in [0.5, 0.6) is 0 Å². The summed E-state index contributed by atoms with van der Waals surface area (Å²) in [6, 6.07) is 0. The highest BCUT2D eigenvalue weighted by Crippen LogP contribution is 2.28. The van der Waals surface area contributed by atoms with Gasteiger partial charge in [0, 0.05) is 17.8 Å². The Bertz CT molecular complexity index is 580. The van der Waals surface area contributed by atoms with Gasteiger partial charge in [-0.05, 0) is 31.8 Å². The number of hydrogen-bond donors (Lipinski definition) is 2. The molecule has 0 aliphatic carbocycles. The van der Waals surface area contributed by atoms with Gasteiger partial charge in [-0.15, -0.1) is 0 Å². The molecular weight excluding hydrogens is 356 g/mol. The summed E-state index contributed by atoms with van der Waals surface area (Å²) in [4.78, 5) is 24.8. The molecule has 7 unspecified atom stereocenters. The van der Waals surface area contributed by atoms with Crippen molar-refractivity contribution in [3.05, 3.63) is 23.8 Å². The van der Waals surface area contributed by atoms with Crippen LogP contribution < -0.4 is 0 Å². The van der Waals surface area contributed by atoms with Crippen LogP contribution in [0.2, 0.25) is 0 Å². The van der Waals surface area contributed by atoms with Crippen molar-refractivity contribution in [2.24, 2.45) is 23.7 Å². The highest BCUT2D eigenvalue weighted by molar-refractivity contribution is 5.91. The quantitative estimate of drug-likeness (QED) is 0.696. The van der Waals surface area contributed by atoms with Gasteiger partial charge in [-0.25, -0.2) is 0 Å². The van der Waals surface area contributed by atoms with Gasteiger partial charge in [0.25, 0.3) is 0 Å². The molecule has 1 aliphatic rings. The summed E-state index contributed by atoms with van der Waals surface area (Å²) in [7, 11) is 0. The molecule has 1 rings (SSSR count). The van der Waals surface area contributed by atoms with E-state index in [1.807, 2.05) is 40.7 Å². The van der Waals surface area contributed by atoms with Crippen LogP contribution in [0.25, 0.3) is 0 Å². The third kappa shape index (κ3) is 7.17. The van der Waals surface area contributed by atoms with Gasteiger partial charge >= 0.3 is 5.97 Å². The average molecular weight is 395 g/mol. The first kappa shape index (κ1) is 24.6. The summed E-state index contributed by atoms with van der Waals surface area (Å²) >= 11 is 0. The zero-order chi connectivity index (χ0) is 21.4. The monoisotopic (exact) mass is 394 g/mol. The predicted octanol–water partition coefficient (Wildman–Crippen LogP) is 3.83. The number of carbonyl (C=O) groups is 2. The Morgan fingerprint density at radius 1 is 1.07 bits per heavy atom. The van der Waals surface area contributed by atoms with E-state index in [4.69, 9.17) is 4.74 Å². The summed E-state index contributed by atoms with van der Waals surface area (Å²) in [6.07, 6.45) is 5.07. The maximum absolute atomic E-state index is 12.5. The number of carbonyl (C=O) groups excluding carboxylic acids is 2. The van der Waals surface area contributed by atoms with Gasteiger partial charge in [-0.2, -0.15) is 0 Å². The molecule has 0 aromatic carbocycles. The van der Waals surface area contributed by atoms with Crippen LogP contribution >= 0.6 is 0 Å². The van der Waals surface area contributed by atoms with Crippen molar-refractivity contribution in [1.29, 1.82) is 0 Å². The number of ketones is 1. The highest BCUT2D eigenvalue weighted by Gasteiger charge is 2.32. The van der Waals surface area contributed by atoms with Crippen molar-refractivity contribution >= 4 is 11.8 Å². The molecule has 5 nitrogen and oxygen atoms in total. The van der Waals surface area contributed by atoms with E-state index in [0.29, 0.717) is 19.3 Å². The summed E-state index contributed by atoms with van der Waals surface area (Å²) in [5, 5.41) is 21.2. The molecule has 0 saturated carbocycles. The first-order valence-electron chi connectivity index (χ1n) is 10.6. The molecule has 1 heterocycles. The van der Waals surface area contributed by atoms with Gasteiger partial charge in [0.2, 0.25) is 0 Å². The molecule has 0 amide bonds. The lowest BCUT2D eigenvalue weighted by Crippen LogP contribution is -2.38. The van der Waals surface area contributed by atoms with Crippen molar-refractivity contribution in [3.63, 3.8) is 0 Å². The molecular formula is C23H38O5. The molecule has 0 saturated heterocycles. The molecule has 0 aromatic rings. The van der Waals surface area contributed by atoms with Gasteiger partial charge in [0.1, 0.15) is 6.10 Å². The van der Waals surface area contributed by atoms with Crippen molar-refractivity contribution < 1.29 is 24.5 Å². The molecule has 0 bridgehead atoms. The van der Waals surface area contributed by atoms with Crippen molar-refractivity contribution in [2.75, 3.05) is 0 Å². The van der Waals surface area contributed by atoms with E-state index in [9.17, 15) is 19.8 Å². The number of aliphatic hydroxyl groups is 2. The largest absolute Gasteiger partial charge is 0.462 e. The van der Waals surface area contributed by atoms with E-state index in [1.54, 1.807) is 19.1 Å². The Labute approximate surface area is 169 Å². The van der Waals surface area contributed by atoms with E-state index in [1.165, 1.54) is 0 Å². The molecule has 1 aliphatic heterocycles. The Balaban J connectivity index is 3.18. The molecule has 7 atom stereocenters. The zero-order valence-electron chi connectivity index (χ0n) is 18.2. The normalized spacial score (nSPS) is 36.7. The zero-order valence-corrected chi connectivity index (χ0v) is 18.2. The third-order valence-corrected chi connectivity index (χ3v) is 5.98. The third-order valence-electron chi connectivity index (χ3n) is 5.98. The molecule has 2 N–H and O–H groups in total. The number of hydrogen-bond acceptors (Lipinski definition) is 5. The number of cyclic esters (lactones) is 1. The second-order valence-corrected chi connectivity index (χ2v) is 8.37. The van der Waals surface area contributed by atoms with E-state index >= 15 is 0 Å². The minimum absolute atomic E-state index is 0.0105. The molecule has 0 spiro atoms. The Hall–Kier alpha value is -1.46. The average Bonchev–Trinajstić information content (AvgIpc) is 2.65. The van der Waals surface area contributed by atoms with Crippen LogP contribution in [0.3, 0.4) is 0 Å². The van der Waals surface area contributed by atoms with Crippen molar-refractivity contribution in [2.45, 2.75) is 85.5 Å². The lowest BCUT2D eigenvalue weighted by molar-refractivity contribution is -0.154. The number of ether oxygens (including phenoxy) is 1. The second-order valence-electron chi connectivity index (χ2n) is 8.37. The Kier molecular flexibility index (Phi) is 10.1. The molecule has 28 heavy (non-hydrogen) atoms. The van der Waals surface area contributed by atoms with Gasteiger partial charge in [0.15, 0.2) is 5.78 Å². The minimum Gasteiger partial charge on any atom is -0.462 e. The van der Waals surface area contributed by atoms with Gasteiger partial charge in [-0.3, -0.25) is 9.59 Å². The van der Waals surface area contributed by atoms with E-state index in [0.717, 1.165) is 5.57 Å². The fraction of sp³-hybridized carbons (Fsp3) is 0.739. The van der Waals surface area contributed by atoms with Crippen LogP contribution in [0.4, 0.5) is 0 Å². The number of allylic oxidation sites excluding steroid dienone is 3. The van der Waals surface area contributed by atoms with Crippen LogP contribution in [-0.4, -0.2) is 40.3 Å². The SMILES string of the molecule is CCC1CC(C)C(=O)C=CC(C)=CC(C)C(CC)OC(=O)CC(O)C(C)C1O. The predicted molar refractivity (Wildman–Crippen MR) is 111 cm³/mol. The molecule has 5 heteroatoms. The molecule has 0 fully saturated rings. The summed E-state index contributed by atoms with van der Waals surface area (Å²) in [6.45, 7) is 11.4. The van der Waals surface area contributed by atoms with Crippen LogP contribution in [-0.2, 0) is 14.3 Å². The summed E-state index contributed by atoms with van der Waals surface area (Å²) < 4.78 is 5.59. The number of aliphatic hydroxyl groups excluding tert-OH is 2. The van der Waals surface area contributed by atoms with E-state index in [-0.39, 0.29) is 36.1 Å². The topological polar surface area (TPSA) is 83.8 Å². The van der Waals surface area contributed by atoms with Gasteiger partial charge < -0.3 is 14.9 Å². The second kappa shape index (κ2) is 11.5. The summed E-state index contributed by atoms with van der Waals surface area (Å²) in [5.74, 6) is -1.25. The van der Waals surface area contributed by atoms with E-state index in [2.05, 4.69) is 0 Å². The molecule has 0 radical (unpaired) electrons. The van der Waals surface area contributed by atoms with Gasteiger partial charge in [0.05, 0.1) is 18.6 Å². The first-order valence-corrected chi connectivity index (χ1v) is 10.6. The maximum Gasteiger partial charge on any atom is 0.308 e. The molecule has 0 aromatic heterocycles. The standard InChI is InChI=1S/C23H38O5/c1-7-18-12-15(4)19(24)10-9-14(3)11-16(5)21(8-2)28-22(26)13-20(25)17(6)23(18)27/h9-11,15-18,20-21,23,25,27H,7-8,12-13H2,1-6H3. The minimum atomic E-state index is -0.986. The number of esters is 1. The molecule has 160 valence electrons. The van der Waals surface area contributed by atoms with E-state index < -0.39 is 24.1 Å². The Morgan fingerprint density at radius 3 is 2.29 bits per heavy atom. The van der Waals surface area contributed by atoms with Gasteiger partial charge in [-0.1, -0.05) is 58.8 Å². The fourth-order valence-corrected chi connectivity index (χ4v) is 3.87. The smallest absolute Gasteiger partial charge is 0.308 e. The van der Waals surface area contributed by atoms with Crippen molar-refractivity contribution in [1.82, 2.24) is 0 Å². The van der Waals surface area contributed by atoms with Crippen molar-refractivity contribution in [3.8, 4) is 0 Å². The summed E-state index contributed by atoms with van der Waals surface area (Å²) in [5.41, 5.74) is 0.940. The number of rotatable bonds is 2. The Morgan fingerprint density at radius 2 is 1.71 bits per heavy atom. The first-order chi connectivity index (χ1) is 13.1. The maximum atomic E-state index is 12.5. The fourth-order valence-electron chi connectivity index (χ4n) is 3.87. The van der Waals surface area contributed by atoms with Crippen LogP contribution in [0.15, 0.2) is 23.8 Å². The highest BCUT2D eigenvalue weighted by atomic mass is 16.5. The lowest BCUT2D eigenvalue weighted by atomic mass is 9.80. The van der Waals surface area contributed by atoms with Crippen LogP contribution in [0.1, 0.15) is 67.2 Å².